The molecule has 0 saturated carbocycles. The van der Waals surface area contributed by atoms with Crippen LogP contribution in [0.3, 0.4) is 0 Å². The Kier molecular flexibility index (Phi) is 6.78. The van der Waals surface area contributed by atoms with Crippen molar-refractivity contribution in [3.8, 4) is 0 Å². The van der Waals surface area contributed by atoms with Crippen molar-refractivity contribution in [3.63, 3.8) is 0 Å². The number of nitro groups is 1. The van der Waals surface area contributed by atoms with Crippen LogP contribution < -0.4 is 0 Å². The predicted molar refractivity (Wildman–Crippen MR) is 82.6 cm³/mol. The first-order chi connectivity index (χ1) is 10.6. The molecule has 0 aromatic rings. The highest BCUT2D eigenvalue weighted by Gasteiger charge is 2.40. The second-order valence-corrected chi connectivity index (χ2v) is 6.67. The minimum Gasteiger partial charge on any atom is -0.466 e. The van der Waals surface area contributed by atoms with Crippen LogP contribution in [0.25, 0.3) is 0 Å². The first kappa shape index (κ1) is 19.2. The molecule has 0 aromatic heterocycles. The number of rotatable bonds is 6. The lowest BCUT2D eigenvalue weighted by Crippen LogP contribution is -2.45. The van der Waals surface area contributed by atoms with E-state index in [2.05, 4.69) is 0 Å². The molecule has 1 amide bonds. The Bertz CT molecular complexity index is 446. The van der Waals surface area contributed by atoms with Gasteiger partial charge in [0.15, 0.2) is 0 Å². The van der Waals surface area contributed by atoms with Crippen LogP contribution >= 0.6 is 0 Å². The van der Waals surface area contributed by atoms with Gasteiger partial charge >= 0.3 is 12.1 Å². The fraction of sp³-hybridized carbons (Fsp3) is 0.867. The second-order valence-electron chi connectivity index (χ2n) is 6.67. The molecular formula is C15H26N2O6. The maximum Gasteiger partial charge on any atom is 0.410 e. The molecule has 0 radical (unpaired) electrons. The largest absolute Gasteiger partial charge is 0.466 e. The highest BCUT2D eigenvalue weighted by Crippen LogP contribution is 2.28. The third-order valence-electron chi connectivity index (χ3n) is 3.59. The SMILES string of the molecule is CCOC(=O)CC(C[N+](=O)[O-])C1CCCN1C(=O)OC(C)(C)C. The van der Waals surface area contributed by atoms with Gasteiger partial charge in [0.2, 0.25) is 6.54 Å². The van der Waals surface area contributed by atoms with E-state index >= 15 is 0 Å². The van der Waals surface area contributed by atoms with Gasteiger partial charge in [-0.15, -0.1) is 0 Å². The molecular weight excluding hydrogens is 304 g/mol. The molecule has 8 nitrogen and oxygen atoms in total. The van der Waals surface area contributed by atoms with E-state index in [-0.39, 0.29) is 25.6 Å². The topological polar surface area (TPSA) is 99.0 Å². The van der Waals surface area contributed by atoms with E-state index in [1.54, 1.807) is 27.7 Å². The third kappa shape index (κ3) is 6.42. The van der Waals surface area contributed by atoms with E-state index in [1.165, 1.54) is 4.90 Å². The van der Waals surface area contributed by atoms with Gasteiger partial charge in [-0.05, 0) is 40.5 Å². The van der Waals surface area contributed by atoms with Gasteiger partial charge in [0.25, 0.3) is 0 Å². The maximum absolute atomic E-state index is 12.3. The van der Waals surface area contributed by atoms with Crippen molar-refractivity contribution in [1.29, 1.82) is 0 Å². The highest BCUT2D eigenvalue weighted by molar-refractivity contribution is 5.71. The van der Waals surface area contributed by atoms with Crippen molar-refractivity contribution >= 4 is 12.1 Å². The third-order valence-corrected chi connectivity index (χ3v) is 3.59. The smallest absolute Gasteiger partial charge is 0.410 e. The van der Waals surface area contributed by atoms with Gasteiger partial charge < -0.3 is 14.4 Å². The molecule has 132 valence electrons. The number of nitrogens with zero attached hydrogens (tertiary/aromatic N) is 2. The van der Waals surface area contributed by atoms with Crippen molar-refractivity contribution in [3.05, 3.63) is 10.1 Å². The van der Waals surface area contributed by atoms with Gasteiger partial charge in [0, 0.05) is 17.5 Å². The number of carbonyl (C=O) groups is 2. The summed E-state index contributed by atoms with van der Waals surface area (Å²) in [5, 5.41) is 10.9. The Balaban J connectivity index is 2.83. The van der Waals surface area contributed by atoms with Crippen molar-refractivity contribution < 1.29 is 24.0 Å². The summed E-state index contributed by atoms with van der Waals surface area (Å²) in [6.45, 7) is 7.32. The zero-order valence-electron chi connectivity index (χ0n) is 14.2. The lowest BCUT2D eigenvalue weighted by Gasteiger charge is -2.31. The lowest BCUT2D eigenvalue weighted by atomic mass is 9.94. The van der Waals surface area contributed by atoms with Crippen LogP contribution in [0.1, 0.15) is 47.0 Å². The fourth-order valence-electron chi connectivity index (χ4n) is 2.78. The van der Waals surface area contributed by atoms with E-state index in [4.69, 9.17) is 9.47 Å². The molecule has 1 rings (SSSR count). The van der Waals surface area contributed by atoms with Crippen molar-refractivity contribution in [2.45, 2.75) is 58.6 Å². The van der Waals surface area contributed by atoms with Crippen molar-refractivity contribution in [1.82, 2.24) is 4.90 Å². The molecule has 0 bridgehead atoms. The van der Waals surface area contributed by atoms with Gasteiger partial charge in [-0.25, -0.2) is 4.79 Å². The average Bonchev–Trinajstić information content (AvgIpc) is 2.84. The number of amides is 1. The van der Waals surface area contributed by atoms with Crippen molar-refractivity contribution in [2.75, 3.05) is 19.7 Å². The first-order valence-corrected chi connectivity index (χ1v) is 7.91. The Morgan fingerprint density at radius 2 is 2.04 bits per heavy atom. The monoisotopic (exact) mass is 330 g/mol. The summed E-state index contributed by atoms with van der Waals surface area (Å²) < 4.78 is 10.3. The summed E-state index contributed by atoms with van der Waals surface area (Å²) >= 11 is 0. The molecule has 23 heavy (non-hydrogen) atoms. The van der Waals surface area contributed by atoms with Crippen LogP contribution in [0, 0.1) is 16.0 Å². The summed E-state index contributed by atoms with van der Waals surface area (Å²) in [4.78, 5) is 36.0. The van der Waals surface area contributed by atoms with Crippen LogP contribution in [0.4, 0.5) is 4.79 Å². The summed E-state index contributed by atoms with van der Waals surface area (Å²) in [7, 11) is 0. The maximum atomic E-state index is 12.3. The standard InChI is InChI=1S/C15H26N2O6/c1-5-22-13(18)9-11(10-17(20)21)12-7-6-8-16(12)14(19)23-15(2,3)4/h11-12H,5-10H2,1-4H3. The summed E-state index contributed by atoms with van der Waals surface area (Å²) in [6, 6.07) is -0.375. The van der Waals surface area contributed by atoms with Crippen LogP contribution in [0.2, 0.25) is 0 Å². The molecule has 1 aliphatic rings. The van der Waals surface area contributed by atoms with E-state index < -0.39 is 28.5 Å². The molecule has 0 spiro atoms. The van der Waals surface area contributed by atoms with E-state index in [1.807, 2.05) is 0 Å². The minimum absolute atomic E-state index is 0.0707. The molecule has 2 unspecified atom stereocenters. The Labute approximate surface area is 136 Å². The highest BCUT2D eigenvalue weighted by atomic mass is 16.6. The van der Waals surface area contributed by atoms with Gasteiger partial charge in [-0.2, -0.15) is 0 Å². The Morgan fingerprint density at radius 1 is 1.39 bits per heavy atom. The normalized spacial score (nSPS) is 19.3. The summed E-state index contributed by atoms with van der Waals surface area (Å²) in [6.07, 6.45) is 0.800. The molecule has 1 saturated heterocycles. The molecule has 1 heterocycles. The predicted octanol–water partition coefficient (Wildman–Crippen LogP) is 2.23. The fourth-order valence-corrected chi connectivity index (χ4v) is 2.78. The Hall–Kier alpha value is -1.86. The average molecular weight is 330 g/mol. The molecule has 8 heteroatoms. The van der Waals surface area contributed by atoms with Crippen LogP contribution in [-0.4, -0.2) is 53.2 Å². The molecule has 2 atom stereocenters. The van der Waals surface area contributed by atoms with Crippen LogP contribution in [-0.2, 0) is 14.3 Å². The Morgan fingerprint density at radius 3 is 2.57 bits per heavy atom. The number of esters is 1. The van der Waals surface area contributed by atoms with Crippen LogP contribution in [0.15, 0.2) is 0 Å². The van der Waals surface area contributed by atoms with Gasteiger partial charge in [-0.1, -0.05) is 0 Å². The summed E-state index contributed by atoms with van der Waals surface area (Å²) in [5.74, 6) is -1.05. The number of carbonyl (C=O) groups excluding carboxylic acids is 2. The number of ether oxygens (including phenoxy) is 2. The van der Waals surface area contributed by atoms with Gasteiger partial charge in [-0.3, -0.25) is 14.9 Å². The number of hydrogen-bond acceptors (Lipinski definition) is 6. The molecule has 1 aliphatic heterocycles. The zero-order chi connectivity index (χ0) is 17.6. The quantitative estimate of drug-likeness (QED) is 0.421. The van der Waals surface area contributed by atoms with Crippen LogP contribution in [0.5, 0.6) is 0 Å². The van der Waals surface area contributed by atoms with Crippen molar-refractivity contribution in [2.24, 2.45) is 5.92 Å². The van der Waals surface area contributed by atoms with Gasteiger partial charge in [0.1, 0.15) is 5.60 Å². The molecule has 0 N–H and O–H groups in total. The van der Waals surface area contributed by atoms with Gasteiger partial charge in [0.05, 0.1) is 18.9 Å². The van der Waals surface area contributed by atoms with E-state index in [0.29, 0.717) is 13.0 Å². The summed E-state index contributed by atoms with van der Waals surface area (Å²) in [5.41, 5.74) is -0.635. The zero-order valence-corrected chi connectivity index (χ0v) is 14.2. The van der Waals surface area contributed by atoms with E-state index in [0.717, 1.165) is 6.42 Å². The second kappa shape index (κ2) is 8.12. The van der Waals surface area contributed by atoms with E-state index in [9.17, 15) is 19.7 Å². The molecule has 1 fully saturated rings. The minimum atomic E-state index is -0.635. The lowest BCUT2D eigenvalue weighted by molar-refractivity contribution is -0.489. The number of hydrogen-bond donors (Lipinski definition) is 0. The number of likely N-dealkylation sites (tertiary alicyclic amines) is 1. The molecule has 0 aromatic carbocycles. The first-order valence-electron chi connectivity index (χ1n) is 7.91. The molecule has 0 aliphatic carbocycles.